The summed E-state index contributed by atoms with van der Waals surface area (Å²) in [6.45, 7) is 4.22. The molecule has 2 N–H and O–H groups in total. The molecule has 0 spiro atoms. The van der Waals surface area contributed by atoms with Gasteiger partial charge in [0.1, 0.15) is 24.1 Å². The van der Waals surface area contributed by atoms with Crippen molar-refractivity contribution in [1.29, 1.82) is 0 Å². The molecule has 7 heteroatoms. The van der Waals surface area contributed by atoms with Crippen LogP contribution in [0.4, 0.5) is 4.39 Å². The lowest BCUT2D eigenvalue weighted by molar-refractivity contribution is -0.0990. The van der Waals surface area contributed by atoms with Crippen LogP contribution >= 0.6 is 0 Å². The number of aliphatic hydroxyl groups excluding tert-OH is 2. The Hall–Kier alpha value is -1.57. The predicted octanol–water partition coefficient (Wildman–Crippen LogP) is 0.733. The van der Waals surface area contributed by atoms with Gasteiger partial charge >= 0.3 is 0 Å². The third-order valence-corrected chi connectivity index (χ3v) is 4.54. The molecule has 6 nitrogen and oxygen atoms in total. The quantitative estimate of drug-likeness (QED) is 0.854. The summed E-state index contributed by atoms with van der Waals surface area (Å²) >= 11 is 0. The Bertz CT molecular complexity index is 687. The summed E-state index contributed by atoms with van der Waals surface area (Å²) in [6.07, 6.45) is -1.00. The number of hydrogen-bond acceptors (Lipinski definition) is 5. The third-order valence-electron chi connectivity index (χ3n) is 4.54. The van der Waals surface area contributed by atoms with Crippen LogP contribution in [0.5, 0.6) is 0 Å². The number of aromatic nitrogens is 3. The largest absolute Gasteiger partial charge is 0.394 e. The molecule has 2 aromatic rings. The van der Waals surface area contributed by atoms with E-state index in [-0.39, 0.29) is 0 Å². The number of fused-ring (bicyclic) bond motifs is 1. The van der Waals surface area contributed by atoms with E-state index in [9.17, 15) is 10.2 Å². The SMILES string of the molecule is Cc1ncnn2c([C@]3(C)O[C@H](CO)[C@@H](O)[C@@]3(C)F)ccc12. The number of aliphatic hydroxyl groups is 2. The van der Waals surface area contributed by atoms with Crippen molar-refractivity contribution in [1.82, 2.24) is 14.6 Å². The van der Waals surface area contributed by atoms with Gasteiger partial charge in [-0.05, 0) is 32.9 Å². The minimum atomic E-state index is -2.06. The van der Waals surface area contributed by atoms with E-state index in [1.165, 1.54) is 13.3 Å². The van der Waals surface area contributed by atoms with Gasteiger partial charge in [0.25, 0.3) is 0 Å². The van der Waals surface area contributed by atoms with Gasteiger partial charge in [-0.3, -0.25) is 0 Å². The van der Waals surface area contributed by atoms with Crippen LogP contribution in [0.3, 0.4) is 0 Å². The van der Waals surface area contributed by atoms with Crippen LogP contribution in [0.2, 0.25) is 0 Å². The van der Waals surface area contributed by atoms with E-state index in [4.69, 9.17) is 4.74 Å². The van der Waals surface area contributed by atoms with E-state index in [0.29, 0.717) is 5.69 Å². The molecule has 3 heterocycles. The second kappa shape index (κ2) is 4.46. The zero-order chi connectivity index (χ0) is 15.4. The van der Waals surface area contributed by atoms with Crippen molar-refractivity contribution in [2.45, 2.75) is 44.2 Å². The summed E-state index contributed by atoms with van der Waals surface area (Å²) in [7, 11) is 0. The van der Waals surface area contributed by atoms with Gasteiger partial charge in [-0.15, -0.1) is 0 Å². The summed E-state index contributed by atoms with van der Waals surface area (Å²) in [4.78, 5) is 4.10. The maximum atomic E-state index is 15.1. The maximum Gasteiger partial charge on any atom is 0.170 e. The van der Waals surface area contributed by atoms with Crippen molar-refractivity contribution < 1.29 is 19.3 Å². The molecule has 21 heavy (non-hydrogen) atoms. The lowest BCUT2D eigenvalue weighted by Gasteiger charge is -2.33. The first-order valence-corrected chi connectivity index (χ1v) is 6.78. The van der Waals surface area contributed by atoms with Crippen LogP contribution in [0.1, 0.15) is 25.2 Å². The van der Waals surface area contributed by atoms with Gasteiger partial charge in [-0.2, -0.15) is 5.10 Å². The van der Waals surface area contributed by atoms with E-state index in [2.05, 4.69) is 10.1 Å². The molecule has 1 aliphatic rings. The first-order valence-electron chi connectivity index (χ1n) is 6.78. The topological polar surface area (TPSA) is 79.9 Å². The highest BCUT2D eigenvalue weighted by Crippen LogP contribution is 2.49. The van der Waals surface area contributed by atoms with E-state index >= 15 is 4.39 Å². The highest BCUT2D eigenvalue weighted by molar-refractivity contribution is 5.53. The second-order valence-electron chi connectivity index (χ2n) is 5.75. The molecule has 0 unspecified atom stereocenters. The van der Waals surface area contributed by atoms with Crippen LogP contribution < -0.4 is 0 Å². The summed E-state index contributed by atoms with van der Waals surface area (Å²) in [5.74, 6) is 0. The fourth-order valence-electron chi connectivity index (χ4n) is 2.98. The van der Waals surface area contributed by atoms with Gasteiger partial charge in [-0.25, -0.2) is 13.9 Å². The average molecular weight is 295 g/mol. The van der Waals surface area contributed by atoms with Crippen molar-refractivity contribution in [2.75, 3.05) is 6.61 Å². The first-order chi connectivity index (χ1) is 9.83. The van der Waals surface area contributed by atoms with E-state index < -0.39 is 30.1 Å². The van der Waals surface area contributed by atoms with Crippen LogP contribution in [-0.2, 0) is 10.3 Å². The van der Waals surface area contributed by atoms with Crippen LogP contribution in [0.25, 0.3) is 5.52 Å². The molecule has 114 valence electrons. The molecule has 0 aromatic carbocycles. The second-order valence-corrected chi connectivity index (χ2v) is 5.75. The lowest BCUT2D eigenvalue weighted by atomic mass is 9.82. The molecular formula is C14H18FN3O3. The van der Waals surface area contributed by atoms with E-state index in [1.807, 2.05) is 6.92 Å². The van der Waals surface area contributed by atoms with Crippen LogP contribution in [0, 0.1) is 6.92 Å². The Morgan fingerprint density at radius 2 is 2.14 bits per heavy atom. The minimum Gasteiger partial charge on any atom is -0.394 e. The zero-order valence-corrected chi connectivity index (χ0v) is 12.1. The molecule has 0 saturated carbocycles. The monoisotopic (exact) mass is 295 g/mol. The Morgan fingerprint density at radius 3 is 2.76 bits per heavy atom. The average Bonchev–Trinajstić information content (AvgIpc) is 2.95. The number of hydrogen-bond donors (Lipinski definition) is 2. The van der Waals surface area contributed by atoms with Gasteiger partial charge in [0.2, 0.25) is 0 Å². The summed E-state index contributed by atoms with van der Waals surface area (Å²) in [5, 5.41) is 23.5. The molecule has 4 atom stereocenters. The smallest absolute Gasteiger partial charge is 0.170 e. The number of nitrogens with zero attached hydrogens (tertiary/aromatic N) is 3. The Balaban J connectivity index is 2.19. The van der Waals surface area contributed by atoms with E-state index in [0.717, 1.165) is 11.2 Å². The summed E-state index contributed by atoms with van der Waals surface area (Å²) < 4.78 is 22.4. The standard InChI is InChI=1S/C14H18FN3O3/c1-8-9-4-5-11(18(9)17-7-16-8)14(3)13(2,15)12(20)10(6-19)21-14/h4-5,7,10,12,19-20H,6H2,1-3H3/t10-,12-,13-,14+/m1/s1. The number of halogens is 1. The van der Waals surface area contributed by atoms with E-state index in [1.54, 1.807) is 23.6 Å². The zero-order valence-electron chi connectivity index (χ0n) is 12.1. The fourth-order valence-corrected chi connectivity index (χ4v) is 2.98. The number of rotatable bonds is 2. The highest BCUT2D eigenvalue weighted by atomic mass is 19.1. The molecular weight excluding hydrogens is 277 g/mol. The number of ether oxygens (including phenoxy) is 1. The Labute approximate surface area is 121 Å². The third kappa shape index (κ3) is 1.74. The molecule has 1 saturated heterocycles. The molecule has 1 aliphatic heterocycles. The van der Waals surface area contributed by atoms with Crippen molar-refractivity contribution in [3.05, 3.63) is 29.8 Å². The lowest BCUT2D eigenvalue weighted by Crippen LogP contribution is -2.47. The normalized spacial score (nSPS) is 36.5. The molecule has 0 amide bonds. The summed E-state index contributed by atoms with van der Waals surface area (Å²) in [5.41, 5.74) is -1.50. The van der Waals surface area contributed by atoms with Crippen LogP contribution in [0.15, 0.2) is 18.5 Å². The number of aryl methyl sites for hydroxylation is 1. The maximum absolute atomic E-state index is 15.1. The predicted molar refractivity (Wildman–Crippen MR) is 72.6 cm³/mol. The molecule has 1 fully saturated rings. The van der Waals surface area contributed by atoms with Gasteiger partial charge in [0.15, 0.2) is 5.67 Å². The molecule has 3 rings (SSSR count). The number of alkyl halides is 1. The first kappa shape index (κ1) is 14.4. The molecule has 2 aromatic heterocycles. The van der Waals surface area contributed by atoms with Crippen molar-refractivity contribution in [3.8, 4) is 0 Å². The highest BCUT2D eigenvalue weighted by Gasteiger charge is 2.63. The van der Waals surface area contributed by atoms with Gasteiger partial charge in [0, 0.05) is 0 Å². The van der Waals surface area contributed by atoms with Crippen molar-refractivity contribution in [3.63, 3.8) is 0 Å². The van der Waals surface area contributed by atoms with Crippen LogP contribution in [-0.4, -0.2) is 49.3 Å². The van der Waals surface area contributed by atoms with Gasteiger partial charge < -0.3 is 14.9 Å². The minimum absolute atomic E-state index is 0.451. The molecule has 0 bridgehead atoms. The fraction of sp³-hybridized carbons (Fsp3) is 0.571. The van der Waals surface area contributed by atoms with Gasteiger partial charge in [0.05, 0.1) is 23.5 Å². The Morgan fingerprint density at radius 1 is 1.43 bits per heavy atom. The molecule has 0 aliphatic carbocycles. The van der Waals surface area contributed by atoms with Gasteiger partial charge in [-0.1, -0.05) is 0 Å². The van der Waals surface area contributed by atoms with Crippen molar-refractivity contribution in [2.24, 2.45) is 0 Å². The Kier molecular flexibility index (Phi) is 3.05. The van der Waals surface area contributed by atoms with Crippen molar-refractivity contribution >= 4 is 5.52 Å². The summed E-state index contributed by atoms with van der Waals surface area (Å²) in [6, 6.07) is 3.50. The molecule has 0 radical (unpaired) electrons.